The van der Waals surface area contributed by atoms with Gasteiger partial charge in [-0.3, -0.25) is 0 Å². The molecule has 0 unspecified atom stereocenters. The topological polar surface area (TPSA) is 66.6 Å². The molecule has 1 fully saturated rings. The molecule has 1 aliphatic rings. The summed E-state index contributed by atoms with van der Waals surface area (Å²) in [5.41, 5.74) is 7.81. The zero-order chi connectivity index (χ0) is 15.0. The summed E-state index contributed by atoms with van der Waals surface area (Å²) in [4.78, 5) is 4.69. The second-order valence-electron chi connectivity index (χ2n) is 4.95. The van der Waals surface area contributed by atoms with E-state index in [0.29, 0.717) is 23.2 Å². The van der Waals surface area contributed by atoms with E-state index in [4.69, 9.17) is 19.9 Å². The molecule has 3 rings (SSSR count). The molecule has 5 nitrogen and oxygen atoms in total. The van der Waals surface area contributed by atoms with Gasteiger partial charge in [-0.25, -0.2) is 4.98 Å². The molecule has 1 aromatic heterocycles. The molecule has 0 atom stereocenters. The number of rotatable bonds is 5. The van der Waals surface area contributed by atoms with Crippen LogP contribution in [0.1, 0.15) is 23.8 Å². The number of nitrogens with zero attached hydrogens (tertiary/aromatic N) is 1. The first kappa shape index (κ1) is 14.0. The minimum Gasteiger partial charge on any atom is -0.493 e. The molecule has 1 heterocycles. The molecule has 21 heavy (non-hydrogen) atoms. The highest BCUT2D eigenvalue weighted by atomic mass is 32.1. The number of methoxy groups -OCH3 is 3. The summed E-state index contributed by atoms with van der Waals surface area (Å²) < 4.78 is 16.1. The van der Waals surface area contributed by atoms with Gasteiger partial charge in [-0.15, -0.1) is 11.3 Å². The third kappa shape index (κ3) is 2.51. The van der Waals surface area contributed by atoms with E-state index >= 15 is 0 Å². The van der Waals surface area contributed by atoms with Crippen LogP contribution < -0.4 is 19.9 Å². The molecule has 0 spiro atoms. The number of hydrogen-bond donors (Lipinski definition) is 1. The van der Waals surface area contributed by atoms with E-state index in [2.05, 4.69) is 4.98 Å². The van der Waals surface area contributed by atoms with Crippen molar-refractivity contribution < 1.29 is 14.2 Å². The number of nitrogen functional groups attached to an aromatic ring is 1. The van der Waals surface area contributed by atoms with Gasteiger partial charge in [0.25, 0.3) is 0 Å². The van der Waals surface area contributed by atoms with Crippen molar-refractivity contribution in [2.24, 2.45) is 0 Å². The maximum absolute atomic E-state index is 6.14. The first-order valence-electron chi connectivity index (χ1n) is 6.74. The zero-order valence-corrected chi connectivity index (χ0v) is 13.1. The van der Waals surface area contributed by atoms with Gasteiger partial charge < -0.3 is 19.9 Å². The Hall–Kier alpha value is -1.95. The number of ether oxygens (including phenoxy) is 3. The summed E-state index contributed by atoms with van der Waals surface area (Å²) in [7, 11) is 4.78. The van der Waals surface area contributed by atoms with Crippen LogP contribution in [0.4, 0.5) is 5.00 Å². The quantitative estimate of drug-likeness (QED) is 0.918. The SMILES string of the molecule is COc1cc(-c2nc(C3CC3)sc2N)cc(OC)c1OC. The number of anilines is 1. The fourth-order valence-electron chi connectivity index (χ4n) is 2.28. The molecule has 1 aliphatic carbocycles. The predicted molar refractivity (Wildman–Crippen MR) is 83.6 cm³/mol. The van der Waals surface area contributed by atoms with E-state index in [1.54, 1.807) is 32.7 Å². The van der Waals surface area contributed by atoms with Crippen molar-refractivity contribution in [3.63, 3.8) is 0 Å². The fourth-order valence-corrected chi connectivity index (χ4v) is 3.30. The van der Waals surface area contributed by atoms with Crippen LogP contribution in [-0.2, 0) is 0 Å². The van der Waals surface area contributed by atoms with Gasteiger partial charge in [0.1, 0.15) is 10.7 Å². The van der Waals surface area contributed by atoms with Gasteiger partial charge in [0.15, 0.2) is 11.5 Å². The van der Waals surface area contributed by atoms with E-state index in [0.717, 1.165) is 21.3 Å². The molecular formula is C15H18N2O3S. The Morgan fingerprint density at radius 3 is 2.19 bits per heavy atom. The van der Waals surface area contributed by atoms with Crippen molar-refractivity contribution in [2.45, 2.75) is 18.8 Å². The Balaban J connectivity index is 2.09. The average Bonchev–Trinajstić information content (AvgIpc) is 3.28. The highest BCUT2D eigenvalue weighted by Crippen LogP contribution is 2.47. The third-order valence-corrected chi connectivity index (χ3v) is 4.58. The van der Waals surface area contributed by atoms with E-state index in [1.807, 2.05) is 12.1 Å². The molecule has 112 valence electrons. The first-order chi connectivity index (χ1) is 10.2. The number of thiazole rings is 1. The van der Waals surface area contributed by atoms with Crippen LogP contribution in [0.15, 0.2) is 12.1 Å². The predicted octanol–water partition coefficient (Wildman–Crippen LogP) is 3.30. The largest absolute Gasteiger partial charge is 0.493 e. The normalized spacial score (nSPS) is 14.0. The fraction of sp³-hybridized carbons (Fsp3) is 0.400. The van der Waals surface area contributed by atoms with Crippen molar-refractivity contribution in [2.75, 3.05) is 27.1 Å². The van der Waals surface area contributed by atoms with Gasteiger partial charge in [0.05, 0.1) is 26.3 Å². The molecule has 0 amide bonds. The Labute approximate surface area is 127 Å². The van der Waals surface area contributed by atoms with Crippen LogP contribution in [0.5, 0.6) is 17.2 Å². The van der Waals surface area contributed by atoms with E-state index in [1.165, 1.54) is 12.8 Å². The van der Waals surface area contributed by atoms with Gasteiger partial charge in [0.2, 0.25) is 5.75 Å². The summed E-state index contributed by atoms with van der Waals surface area (Å²) in [5, 5.41) is 1.85. The lowest BCUT2D eigenvalue weighted by atomic mass is 10.1. The second kappa shape index (κ2) is 5.44. The van der Waals surface area contributed by atoms with E-state index < -0.39 is 0 Å². The number of benzene rings is 1. The van der Waals surface area contributed by atoms with Gasteiger partial charge >= 0.3 is 0 Å². The van der Waals surface area contributed by atoms with Gasteiger partial charge in [-0.1, -0.05) is 0 Å². The van der Waals surface area contributed by atoms with Crippen molar-refractivity contribution in [3.05, 3.63) is 17.1 Å². The molecule has 6 heteroatoms. The highest BCUT2D eigenvalue weighted by molar-refractivity contribution is 7.16. The molecule has 0 saturated heterocycles. The first-order valence-corrected chi connectivity index (χ1v) is 7.56. The van der Waals surface area contributed by atoms with Crippen LogP contribution in [0.2, 0.25) is 0 Å². The lowest BCUT2D eigenvalue weighted by molar-refractivity contribution is 0.324. The Kier molecular flexibility index (Phi) is 3.63. The van der Waals surface area contributed by atoms with Crippen molar-refractivity contribution in [1.82, 2.24) is 4.98 Å². The van der Waals surface area contributed by atoms with Crippen LogP contribution >= 0.6 is 11.3 Å². The van der Waals surface area contributed by atoms with Gasteiger partial charge in [-0.2, -0.15) is 0 Å². The Bertz CT molecular complexity index is 640. The number of nitrogens with two attached hydrogens (primary N) is 1. The molecule has 1 aromatic carbocycles. The molecule has 2 aromatic rings. The van der Waals surface area contributed by atoms with Gasteiger partial charge in [0, 0.05) is 11.5 Å². The maximum Gasteiger partial charge on any atom is 0.203 e. The summed E-state index contributed by atoms with van der Waals surface area (Å²) in [6.07, 6.45) is 2.42. The monoisotopic (exact) mass is 306 g/mol. The lowest BCUT2D eigenvalue weighted by Crippen LogP contribution is -1.96. The van der Waals surface area contributed by atoms with E-state index in [-0.39, 0.29) is 0 Å². The minimum absolute atomic E-state index is 0.569. The van der Waals surface area contributed by atoms with Crippen LogP contribution in [0.25, 0.3) is 11.3 Å². The number of aromatic nitrogens is 1. The van der Waals surface area contributed by atoms with Crippen molar-refractivity contribution in [1.29, 1.82) is 0 Å². The minimum atomic E-state index is 0.569. The molecule has 2 N–H and O–H groups in total. The van der Waals surface area contributed by atoms with E-state index in [9.17, 15) is 0 Å². The molecular weight excluding hydrogens is 288 g/mol. The zero-order valence-electron chi connectivity index (χ0n) is 12.3. The maximum atomic E-state index is 6.14. The number of hydrogen-bond acceptors (Lipinski definition) is 6. The second-order valence-corrected chi connectivity index (χ2v) is 6.02. The molecule has 0 bridgehead atoms. The van der Waals surface area contributed by atoms with Crippen molar-refractivity contribution >= 4 is 16.3 Å². The van der Waals surface area contributed by atoms with Crippen LogP contribution in [0.3, 0.4) is 0 Å². The smallest absolute Gasteiger partial charge is 0.203 e. The van der Waals surface area contributed by atoms with Gasteiger partial charge in [-0.05, 0) is 25.0 Å². The summed E-state index contributed by atoms with van der Waals surface area (Å²) in [6.45, 7) is 0. The Morgan fingerprint density at radius 2 is 1.71 bits per heavy atom. The standard InChI is InChI=1S/C15H18N2O3S/c1-18-10-6-9(7-11(19-2)13(10)20-3)12-14(16)21-15(17-12)8-4-5-8/h6-8H,4-5,16H2,1-3H3. The summed E-state index contributed by atoms with van der Waals surface area (Å²) >= 11 is 1.57. The average molecular weight is 306 g/mol. The lowest BCUT2D eigenvalue weighted by Gasteiger charge is -2.13. The molecule has 0 aliphatic heterocycles. The summed E-state index contributed by atoms with van der Waals surface area (Å²) in [6, 6.07) is 3.76. The van der Waals surface area contributed by atoms with Crippen LogP contribution in [0, 0.1) is 0 Å². The highest BCUT2D eigenvalue weighted by Gasteiger charge is 2.28. The molecule has 0 radical (unpaired) electrons. The van der Waals surface area contributed by atoms with Crippen LogP contribution in [-0.4, -0.2) is 26.3 Å². The van der Waals surface area contributed by atoms with Crippen molar-refractivity contribution in [3.8, 4) is 28.5 Å². The third-order valence-electron chi connectivity index (χ3n) is 3.53. The molecule has 1 saturated carbocycles. The summed E-state index contributed by atoms with van der Waals surface area (Å²) in [5.74, 6) is 2.37. The Morgan fingerprint density at radius 1 is 1.10 bits per heavy atom.